The number of methoxy groups -OCH3 is 1. The van der Waals surface area contributed by atoms with Gasteiger partial charge in [-0.3, -0.25) is 14.6 Å². The molecule has 0 fully saturated rings. The second kappa shape index (κ2) is 6.05. The minimum absolute atomic E-state index is 0.145. The number of aromatic amines is 1. The second-order valence-corrected chi connectivity index (χ2v) is 4.15. The van der Waals surface area contributed by atoms with Gasteiger partial charge >= 0.3 is 5.97 Å². The average Bonchev–Trinajstić information content (AvgIpc) is 2.46. The topological polar surface area (TPSA) is 97.8 Å². The number of rotatable bonds is 4. The Kier molecular flexibility index (Phi) is 4.19. The van der Waals surface area contributed by atoms with Crippen LogP contribution in [0.15, 0.2) is 23.4 Å². The monoisotopic (exact) mass is 274 g/mol. The molecule has 1 N–H and O–H groups in total. The molecule has 0 saturated heterocycles. The first kappa shape index (κ1) is 13.9. The van der Waals surface area contributed by atoms with Crippen molar-refractivity contribution >= 4 is 5.97 Å². The number of hydrogen-bond acceptors (Lipinski definition) is 6. The number of esters is 1. The fourth-order valence-electron chi connectivity index (χ4n) is 1.78. The Bertz CT molecular complexity index is 667. The summed E-state index contributed by atoms with van der Waals surface area (Å²) in [7, 11) is 1.31. The van der Waals surface area contributed by atoms with Gasteiger partial charge in [-0.15, -0.1) is 0 Å². The van der Waals surface area contributed by atoms with Crippen LogP contribution in [0.3, 0.4) is 0 Å². The summed E-state index contributed by atoms with van der Waals surface area (Å²) < 4.78 is 4.55. The first-order chi connectivity index (χ1) is 9.61. The third-order valence-corrected chi connectivity index (χ3v) is 2.83. The van der Waals surface area contributed by atoms with E-state index in [1.54, 1.807) is 13.1 Å². The maximum absolute atomic E-state index is 12.0. The summed E-state index contributed by atoms with van der Waals surface area (Å²) >= 11 is 0. The highest BCUT2D eigenvalue weighted by Crippen LogP contribution is 2.10. The van der Waals surface area contributed by atoms with E-state index in [0.29, 0.717) is 29.2 Å². The first-order valence-electron chi connectivity index (χ1n) is 6.05. The van der Waals surface area contributed by atoms with E-state index >= 15 is 0 Å². The molecule has 20 heavy (non-hydrogen) atoms. The van der Waals surface area contributed by atoms with Crippen LogP contribution < -0.4 is 5.56 Å². The van der Waals surface area contributed by atoms with Crippen LogP contribution in [0.5, 0.6) is 0 Å². The molecule has 0 aliphatic rings. The molecule has 0 aliphatic heterocycles. The van der Waals surface area contributed by atoms with Crippen molar-refractivity contribution < 1.29 is 9.53 Å². The second-order valence-electron chi connectivity index (χ2n) is 4.15. The van der Waals surface area contributed by atoms with E-state index in [0.717, 1.165) is 0 Å². The minimum atomic E-state index is -0.359. The SMILES string of the molecule is COC(=O)CCc1c(C)nc(-c2cnccn2)[nH]c1=O. The zero-order valence-corrected chi connectivity index (χ0v) is 11.2. The maximum Gasteiger partial charge on any atom is 0.305 e. The quantitative estimate of drug-likeness (QED) is 0.822. The van der Waals surface area contributed by atoms with Gasteiger partial charge in [-0.1, -0.05) is 0 Å². The van der Waals surface area contributed by atoms with Crippen molar-refractivity contribution in [2.75, 3.05) is 7.11 Å². The summed E-state index contributed by atoms with van der Waals surface area (Å²) in [4.78, 5) is 38.1. The molecule has 0 aliphatic carbocycles. The molecule has 2 aromatic rings. The first-order valence-corrected chi connectivity index (χ1v) is 6.05. The van der Waals surface area contributed by atoms with Gasteiger partial charge in [-0.05, 0) is 13.3 Å². The number of carbonyl (C=O) groups excluding carboxylic acids is 1. The van der Waals surface area contributed by atoms with Crippen LogP contribution in [0.4, 0.5) is 0 Å². The lowest BCUT2D eigenvalue weighted by molar-refractivity contribution is -0.140. The van der Waals surface area contributed by atoms with Crippen molar-refractivity contribution in [1.29, 1.82) is 0 Å². The van der Waals surface area contributed by atoms with E-state index in [-0.39, 0.29) is 17.9 Å². The number of nitrogens with zero attached hydrogens (tertiary/aromatic N) is 3. The molecular formula is C13H14N4O3. The summed E-state index contributed by atoms with van der Waals surface area (Å²) in [6.45, 7) is 1.72. The highest BCUT2D eigenvalue weighted by Gasteiger charge is 2.12. The number of nitrogens with one attached hydrogen (secondary N) is 1. The highest BCUT2D eigenvalue weighted by atomic mass is 16.5. The average molecular weight is 274 g/mol. The van der Waals surface area contributed by atoms with Crippen molar-refractivity contribution in [3.63, 3.8) is 0 Å². The van der Waals surface area contributed by atoms with E-state index in [1.807, 2.05) is 0 Å². The Morgan fingerprint density at radius 3 is 2.80 bits per heavy atom. The predicted molar refractivity (Wildman–Crippen MR) is 71.0 cm³/mol. The van der Waals surface area contributed by atoms with Crippen molar-refractivity contribution in [3.05, 3.63) is 40.2 Å². The van der Waals surface area contributed by atoms with Gasteiger partial charge in [-0.25, -0.2) is 9.97 Å². The van der Waals surface area contributed by atoms with E-state index < -0.39 is 0 Å². The Hall–Kier alpha value is -2.57. The van der Waals surface area contributed by atoms with Crippen molar-refractivity contribution in [2.24, 2.45) is 0 Å². The molecule has 0 saturated carbocycles. The number of aryl methyl sites for hydroxylation is 1. The summed E-state index contributed by atoms with van der Waals surface area (Å²) in [5, 5.41) is 0. The molecule has 0 bridgehead atoms. The van der Waals surface area contributed by atoms with Gasteiger partial charge in [0.15, 0.2) is 5.82 Å². The minimum Gasteiger partial charge on any atom is -0.469 e. The van der Waals surface area contributed by atoms with Crippen LogP contribution in [0.25, 0.3) is 11.5 Å². The molecule has 7 heteroatoms. The Labute approximate surface area is 115 Å². The third-order valence-electron chi connectivity index (χ3n) is 2.83. The zero-order valence-electron chi connectivity index (χ0n) is 11.2. The number of H-pyrrole nitrogens is 1. The smallest absolute Gasteiger partial charge is 0.305 e. The summed E-state index contributed by atoms with van der Waals surface area (Å²) in [6, 6.07) is 0. The lowest BCUT2D eigenvalue weighted by Crippen LogP contribution is -2.19. The standard InChI is InChI=1S/C13H14N4O3/c1-8-9(3-4-11(18)20-2)13(19)17-12(16-8)10-7-14-5-6-15-10/h5-7H,3-4H2,1-2H3,(H,16,17,19). The normalized spacial score (nSPS) is 10.3. The molecule has 2 rings (SSSR count). The van der Waals surface area contributed by atoms with E-state index in [4.69, 9.17) is 0 Å². The van der Waals surface area contributed by atoms with Crippen LogP contribution in [0.1, 0.15) is 17.7 Å². The van der Waals surface area contributed by atoms with Crippen LogP contribution >= 0.6 is 0 Å². The molecule has 104 valence electrons. The molecule has 0 unspecified atom stereocenters. The molecule has 2 heterocycles. The molecule has 2 aromatic heterocycles. The van der Waals surface area contributed by atoms with Crippen molar-refractivity contribution in [3.8, 4) is 11.5 Å². The van der Waals surface area contributed by atoms with Crippen LogP contribution in [0, 0.1) is 6.92 Å². The van der Waals surface area contributed by atoms with Gasteiger partial charge in [-0.2, -0.15) is 0 Å². The number of carbonyl (C=O) groups is 1. The fourth-order valence-corrected chi connectivity index (χ4v) is 1.78. The van der Waals surface area contributed by atoms with Gasteiger partial charge in [0.25, 0.3) is 5.56 Å². The van der Waals surface area contributed by atoms with Gasteiger partial charge in [0.2, 0.25) is 0 Å². The summed E-state index contributed by atoms with van der Waals surface area (Å²) in [5.74, 6) is 0.00391. The van der Waals surface area contributed by atoms with Crippen LogP contribution in [-0.2, 0) is 16.0 Å². The number of aromatic nitrogens is 4. The molecule has 0 spiro atoms. The van der Waals surface area contributed by atoms with Gasteiger partial charge in [0.05, 0.1) is 13.3 Å². The fraction of sp³-hybridized carbons (Fsp3) is 0.308. The molecule has 0 radical (unpaired) electrons. The lowest BCUT2D eigenvalue weighted by Gasteiger charge is -2.06. The van der Waals surface area contributed by atoms with Crippen molar-refractivity contribution in [2.45, 2.75) is 19.8 Å². The van der Waals surface area contributed by atoms with Crippen LogP contribution in [0.2, 0.25) is 0 Å². The number of ether oxygens (including phenoxy) is 1. The Balaban J connectivity index is 2.30. The Morgan fingerprint density at radius 1 is 1.40 bits per heavy atom. The number of hydrogen-bond donors (Lipinski definition) is 1. The van der Waals surface area contributed by atoms with Crippen LogP contribution in [-0.4, -0.2) is 33.0 Å². The molecule has 0 amide bonds. The Morgan fingerprint density at radius 2 is 2.20 bits per heavy atom. The largest absolute Gasteiger partial charge is 0.469 e. The predicted octanol–water partition coefficient (Wildman–Crippen LogP) is 0.641. The van der Waals surface area contributed by atoms with E-state index in [1.165, 1.54) is 19.5 Å². The van der Waals surface area contributed by atoms with Crippen molar-refractivity contribution in [1.82, 2.24) is 19.9 Å². The molecule has 7 nitrogen and oxygen atoms in total. The van der Waals surface area contributed by atoms with Gasteiger partial charge in [0, 0.05) is 30.1 Å². The highest BCUT2D eigenvalue weighted by molar-refractivity contribution is 5.69. The summed E-state index contributed by atoms with van der Waals surface area (Å²) in [5.41, 5.74) is 1.26. The third kappa shape index (κ3) is 3.05. The molecule has 0 atom stereocenters. The van der Waals surface area contributed by atoms with Gasteiger partial charge < -0.3 is 9.72 Å². The lowest BCUT2D eigenvalue weighted by atomic mass is 10.1. The maximum atomic E-state index is 12.0. The molecule has 0 aromatic carbocycles. The van der Waals surface area contributed by atoms with E-state index in [9.17, 15) is 9.59 Å². The summed E-state index contributed by atoms with van der Waals surface area (Å²) in [6.07, 6.45) is 5.02. The van der Waals surface area contributed by atoms with Gasteiger partial charge in [0.1, 0.15) is 5.69 Å². The molecular weight excluding hydrogens is 260 g/mol. The zero-order chi connectivity index (χ0) is 14.5. The van der Waals surface area contributed by atoms with E-state index in [2.05, 4.69) is 24.7 Å².